The highest BCUT2D eigenvalue weighted by molar-refractivity contribution is 7.92. The summed E-state index contributed by atoms with van der Waals surface area (Å²) < 4.78 is 36.8. The molecule has 0 aliphatic rings. The molecule has 4 rings (SSSR count). The number of carboxylic acid groups (broad SMARTS) is 1. The van der Waals surface area contributed by atoms with Gasteiger partial charge in [0.2, 0.25) is 11.8 Å². The number of nitrogens with zero attached hydrogens (tertiary/aromatic N) is 5. The maximum Gasteiger partial charge on any atom is 0.335 e. The quantitative estimate of drug-likeness (QED) is 0.211. The zero-order valence-electron chi connectivity index (χ0n) is 25.1. The molecule has 2 aromatic carbocycles. The van der Waals surface area contributed by atoms with Crippen LogP contribution in [0, 0.1) is 19.3 Å². The molecule has 3 N–H and O–H groups in total. The molecule has 12 nitrogen and oxygen atoms in total. The van der Waals surface area contributed by atoms with Crippen LogP contribution in [0.3, 0.4) is 0 Å². The zero-order chi connectivity index (χ0) is 31.4. The molecule has 0 saturated carbocycles. The molecule has 1 atom stereocenters. The molecule has 0 bridgehead atoms. The van der Waals surface area contributed by atoms with E-state index >= 15 is 0 Å². The first-order chi connectivity index (χ1) is 20.2. The topological polar surface area (TPSA) is 161 Å². The molecule has 2 aromatic heterocycles. The minimum atomic E-state index is -4.22. The van der Waals surface area contributed by atoms with Gasteiger partial charge in [-0.25, -0.2) is 22.9 Å². The fourth-order valence-electron chi connectivity index (χ4n) is 4.71. The van der Waals surface area contributed by atoms with E-state index in [0.29, 0.717) is 12.2 Å². The van der Waals surface area contributed by atoms with Crippen LogP contribution in [-0.2, 0) is 23.6 Å². The summed E-state index contributed by atoms with van der Waals surface area (Å²) in [5.74, 6) is -1.25. The molecule has 0 amide bonds. The van der Waals surface area contributed by atoms with E-state index in [-0.39, 0.29) is 40.4 Å². The summed E-state index contributed by atoms with van der Waals surface area (Å²) in [7, 11) is -2.41. The second kappa shape index (κ2) is 12.9. The number of ether oxygens (including phenoxy) is 1. The van der Waals surface area contributed by atoms with E-state index in [4.69, 9.17) is 4.74 Å². The second-order valence-corrected chi connectivity index (χ2v) is 13.3. The van der Waals surface area contributed by atoms with Gasteiger partial charge in [-0.05, 0) is 55.0 Å². The van der Waals surface area contributed by atoms with Gasteiger partial charge in [-0.15, -0.1) is 5.10 Å². The van der Waals surface area contributed by atoms with Crippen molar-refractivity contribution in [3.63, 3.8) is 0 Å². The number of aryl methyl sites for hydroxylation is 3. The van der Waals surface area contributed by atoms with Gasteiger partial charge >= 0.3 is 5.97 Å². The van der Waals surface area contributed by atoms with Crippen molar-refractivity contribution in [3.8, 4) is 17.1 Å². The lowest BCUT2D eigenvalue weighted by Gasteiger charge is -2.26. The molecule has 0 aliphatic carbocycles. The molecular formula is C30H37N7O5S. The van der Waals surface area contributed by atoms with Crippen LogP contribution in [-0.4, -0.2) is 57.1 Å². The summed E-state index contributed by atoms with van der Waals surface area (Å²) in [6.45, 7) is 11.0. The van der Waals surface area contributed by atoms with Crippen LogP contribution in [0.4, 0.5) is 5.95 Å². The maximum absolute atomic E-state index is 13.3. The molecule has 2 heterocycles. The summed E-state index contributed by atoms with van der Waals surface area (Å²) >= 11 is 0. The average molecular weight is 608 g/mol. The van der Waals surface area contributed by atoms with E-state index < -0.39 is 16.0 Å². The molecule has 13 heteroatoms. The molecule has 0 spiro atoms. The van der Waals surface area contributed by atoms with Crippen molar-refractivity contribution in [3.05, 3.63) is 77.1 Å². The minimum Gasteiger partial charge on any atom is -0.478 e. The highest BCUT2D eigenvalue weighted by Gasteiger charge is 2.22. The van der Waals surface area contributed by atoms with E-state index in [1.807, 2.05) is 45.3 Å². The normalized spacial score (nSPS) is 12.6. The fraction of sp³-hybridized carbons (Fsp3) is 0.367. The molecule has 4 aromatic rings. The van der Waals surface area contributed by atoms with Gasteiger partial charge in [0, 0.05) is 37.5 Å². The number of benzene rings is 2. The van der Waals surface area contributed by atoms with Crippen molar-refractivity contribution in [1.82, 2.24) is 30.3 Å². The third-order valence-electron chi connectivity index (χ3n) is 6.57. The first kappa shape index (κ1) is 31.6. The number of carboxylic acids is 1. The SMILES string of the molecule is Cc1cccc(C)c1-c1cc(OC[C@@H](CC(C)(C)C)NCc2cn(C)nn2)nc(NS(=O)(=O)c2cccc(C(=O)O)c2)n1. The Labute approximate surface area is 251 Å². The Kier molecular flexibility index (Phi) is 9.46. The van der Waals surface area contributed by atoms with Crippen LogP contribution in [0.5, 0.6) is 5.88 Å². The summed E-state index contributed by atoms with van der Waals surface area (Å²) in [6, 6.07) is 12.5. The van der Waals surface area contributed by atoms with Crippen LogP contribution < -0.4 is 14.8 Å². The Morgan fingerprint density at radius 2 is 1.77 bits per heavy atom. The second-order valence-electron chi connectivity index (χ2n) is 11.7. The van der Waals surface area contributed by atoms with E-state index in [1.54, 1.807) is 10.7 Å². The third kappa shape index (κ3) is 8.58. The first-order valence-corrected chi connectivity index (χ1v) is 15.2. The lowest BCUT2D eigenvalue weighted by molar-refractivity contribution is 0.0696. The van der Waals surface area contributed by atoms with Crippen molar-refractivity contribution < 1.29 is 23.1 Å². The summed E-state index contributed by atoms with van der Waals surface area (Å²) in [4.78, 5) is 20.1. The van der Waals surface area contributed by atoms with E-state index in [0.717, 1.165) is 34.9 Å². The minimum absolute atomic E-state index is 0.0101. The van der Waals surface area contributed by atoms with Crippen molar-refractivity contribution in [2.45, 2.75) is 58.5 Å². The van der Waals surface area contributed by atoms with Gasteiger partial charge in [0.1, 0.15) is 6.61 Å². The molecule has 0 radical (unpaired) electrons. The lowest BCUT2D eigenvalue weighted by Crippen LogP contribution is -2.37. The Balaban J connectivity index is 1.66. The molecule has 43 heavy (non-hydrogen) atoms. The van der Waals surface area contributed by atoms with Crippen LogP contribution >= 0.6 is 0 Å². The highest BCUT2D eigenvalue weighted by Crippen LogP contribution is 2.30. The monoisotopic (exact) mass is 607 g/mol. The predicted octanol–water partition coefficient (Wildman–Crippen LogP) is 4.36. The molecule has 0 unspecified atom stereocenters. The standard InChI is InChI=1S/C30H37N7O5S/c1-19-9-7-10-20(2)27(19)25-14-26(42-18-22(15-30(3,4)5)31-16-23-17-37(6)36-34-23)33-29(32-25)35-43(40,41)24-12-8-11-21(13-24)28(38)39/h7-14,17,22,31H,15-16,18H2,1-6H3,(H,38,39)(H,32,33,35)/t22-/m1/s1. The molecule has 0 saturated heterocycles. The Morgan fingerprint density at radius 1 is 1.07 bits per heavy atom. The number of aromatic nitrogens is 5. The molecule has 0 fully saturated rings. The number of anilines is 1. The van der Waals surface area contributed by atoms with E-state index in [1.165, 1.54) is 18.2 Å². The van der Waals surface area contributed by atoms with Crippen molar-refractivity contribution in [2.75, 3.05) is 11.3 Å². The molecule has 228 valence electrons. The zero-order valence-corrected chi connectivity index (χ0v) is 25.9. The van der Waals surface area contributed by atoms with Crippen molar-refractivity contribution >= 4 is 21.9 Å². The number of nitrogens with one attached hydrogen (secondary N) is 2. The van der Waals surface area contributed by atoms with Gasteiger partial charge in [-0.2, -0.15) is 4.98 Å². The van der Waals surface area contributed by atoms with E-state index in [9.17, 15) is 18.3 Å². The van der Waals surface area contributed by atoms with Crippen molar-refractivity contribution in [2.24, 2.45) is 12.5 Å². The smallest absolute Gasteiger partial charge is 0.335 e. The van der Waals surface area contributed by atoms with Gasteiger partial charge in [-0.3, -0.25) is 4.68 Å². The Hall–Kier alpha value is -4.36. The summed E-state index contributed by atoms with van der Waals surface area (Å²) in [6.07, 6.45) is 2.62. The number of hydrogen-bond donors (Lipinski definition) is 3. The number of hydrogen-bond acceptors (Lipinski definition) is 9. The first-order valence-electron chi connectivity index (χ1n) is 13.7. The molecule has 0 aliphatic heterocycles. The third-order valence-corrected chi connectivity index (χ3v) is 7.90. The van der Waals surface area contributed by atoms with Gasteiger partial charge in [0.05, 0.1) is 21.8 Å². The van der Waals surface area contributed by atoms with Gasteiger partial charge in [0.15, 0.2) is 0 Å². The average Bonchev–Trinajstić information content (AvgIpc) is 3.34. The maximum atomic E-state index is 13.3. The lowest BCUT2D eigenvalue weighted by atomic mass is 9.88. The highest BCUT2D eigenvalue weighted by atomic mass is 32.2. The van der Waals surface area contributed by atoms with Crippen LogP contribution in [0.2, 0.25) is 0 Å². The number of rotatable bonds is 12. The van der Waals surface area contributed by atoms with Gasteiger partial charge in [0.25, 0.3) is 10.0 Å². The largest absolute Gasteiger partial charge is 0.478 e. The Bertz CT molecular complexity index is 1690. The number of carbonyl (C=O) groups is 1. The fourth-order valence-corrected chi connectivity index (χ4v) is 5.70. The number of aromatic carboxylic acids is 1. The van der Waals surface area contributed by atoms with Crippen LogP contribution in [0.25, 0.3) is 11.3 Å². The van der Waals surface area contributed by atoms with Crippen LogP contribution in [0.1, 0.15) is 54.4 Å². The molecular weight excluding hydrogens is 570 g/mol. The summed E-state index contributed by atoms with van der Waals surface area (Å²) in [5.41, 5.74) is 3.84. The Morgan fingerprint density at radius 3 is 2.40 bits per heavy atom. The van der Waals surface area contributed by atoms with Gasteiger partial charge < -0.3 is 15.2 Å². The number of sulfonamides is 1. The summed E-state index contributed by atoms with van der Waals surface area (Å²) in [5, 5.41) is 20.9. The van der Waals surface area contributed by atoms with E-state index in [2.05, 4.69) is 51.1 Å². The van der Waals surface area contributed by atoms with Crippen LogP contribution in [0.15, 0.2) is 59.6 Å². The van der Waals surface area contributed by atoms with Gasteiger partial charge in [-0.1, -0.05) is 50.3 Å². The predicted molar refractivity (Wildman–Crippen MR) is 162 cm³/mol. The van der Waals surface area contributed by atoms with Crippen molar-refractivity contribution in [1.29, 1.82) is 0 Å².